The molecule has 2 aliphatic rings. The number of phenolic OH excluding ortho intramolecular Hbond substituents is 1. The first-order chi connectivity index (χ1) is 12.8. The quantitative estimate of drug-likeness (QED) is 0.844. The van der Waals surface area contributed by atoms with E-state index < -0.39 is 0 Å². The molecule has 2 heterocycles. The molecule has 148 valence electrons. The van der Waals surface area contributed by atoms with Crippen LogP contribution in [-0.4, -0.2) is 52.9 Å². The molecule has 1 aromatic carbocycles. The maximum absolute atomic E-state index is 13.0. The van der Waals surface area contributed by atoms with Crippen LogP contribution < -0.4 is 0 Å². The van der Waals surface area contributed by atoms with Crippen molar-refractivity contribution in [1.82, 2.24) is 9.80 Å². The van der Waals surface area contributed by atoms with Gasteiger partial charge in [-0.15, -0.1) is 0 Å². The Morgan fingerprint density at radius 2 is 2.07 bits per heavy atom. The minimum atomic E-state index is -0.181. The van der Waals surface area contributed by atoms with Crippen molar-refractivity contribution in [2.45, 2.75) is 46.0 Å². The van der Waals surface area contributed by atoms with Gasteiger partial charge in [0.15, 0.2) is 0 Å². The molecule has 0 radical (unpaired) electrons. The molecule has 3 rings (SSSR count). The van der Waals surface area contributed by atoms with E-state index in [1.807, 2.05) is 9.80 Å². The molecular formula is C21H29ClN2O3. The summed E-state index contributed by atoms with van der Waals surface area (Å²) in [6.07, 6.45) is 4.34. The number of rotatable bonds is 4. The maximum Gasteiger partial charge on any atom is 0.257 e. The fourth-order valence-corrected chi connectivity index (χ4v) is 4.46. The monoisotopic (exact) mass is 392 g/mol. The van der Waals surface area contributed by atoms with Gasteiger partial charge in [0.05, 0.1) is 5.56 Å². The van der Waals surface area contributed by atoms with Gasteiger partial charge in [-0.2, -0.15) is 0 Å². The van der Waals surface area contributed by atoms with Gasteiger partial charge in [-0.3, -0.25) is 9.59 Å². The number of aromatic hydroxyl groups is 1. The number of halogens is 1. The summed E-state index contributed by atoms with van der Waals surface area (Å²) in [6.45, 7) is 7.16. The van der Waals surface area contributed by atoms with E-state index in [1.165, 1.54) is 12.1 Å². The molecule has 2 saturated heterocycles. The first-order valence-electron chi connectivity index (χ1n) is 9.85. The van der Waals surface area contributed by atoms with E-state index >= 15 is 0 Å². The highest BCUT2D eigenvalue weighted by molar-refractivity contribution is 6.31. The first-order valence-corrected chi connectivity index (χ1v) is 10.2. The number of amides is 2. The molecule has 0 aliphatic carbocycles. The van der Waals surface area contributed by atoms with Gasteiger partial charge >= 0.3 is 0 Å². The molecule has 5 nitrogen and oxygen atoms in total. The fourth-order valence-electron chi connectivity index (χ4n) is 4.28. The smallest absolute Gasteiger partial charge is 0.257 e. The molecule has 27 heavy (non-hydrogen) atoms. The Morgan fingerprint density at radius 1 is 1.30 bits per heavy atom. The van der Waals surface area contributed by atoms with E-state index in [2.05, 4.69) is 13.8 Å². The predicted molar refractivity (Wildman–Crippen MR) is 106 cm³/mol. The summed E-state index contributed by atoms with van der Waals surface area (Å²) >= 11 is 6.01. The van der Waals surface area contributed by atoms with Crippen molar-refractivity contribution in [1.29, 1.82) is 0 Å². The van der Waals surface area contributed by atoms with E-state index in [1.54, 1.807) is 6.07 Å². The maximum atomic E-state index is 13.0. The van der Waals surface area contributed by atoms with Crippen molar-refractivity contribution in [3.05, 3.63) is 28.8 Å². The van der Waals surface area contributed by atoms with Crippen molar-refractivity contribution in [2.24, 2.45) is 11.3 Å². The van der Waals surface area contributed by atoms with Crippen molar-refractivity contribution >= 4 is 23.4 Å². The average molecular weight is 393 g/mol. The lowest BCUT2D eigenvalue weighted by atomic mass is 9.73. The van der Waals surface area contributed by atoms with E-state index in [0.717, 1.165) is 38.8 Å². The molecule has 2 aliphatic heterocycles. The Labute approximate surface area is 166 Å². The lowest BCUT2D eigenvalue weighted by Crippen LogP contribution is -2.55. The number of hydrogen-bond donors (Lipinski definition) is 1. The molecule has 0 bridgehead atoms. The van der Waals surface area contributed by atoms with Crippen LogP contribution in [0, 0.1) is 11.3 Å². The number of likely N-dealkylation sites (tertiary alicyclic amines) is 2. The molecule has 0 saturated carbocycles. The standard InChI is InChI=1S/C21H29ClN2O3/c1-15(2)7-11-23-13-21(9-6-19(23)26)8-3-10-24(14-21)20(27)17-12-16(22)4-5-18(17)25/h4-5,12,15,25H,3,6-11,13-14H2,1-2H3. The summed E-state index contributed by atoms with van der Waals surface area (Å²) in [6, 6.07) is 4.56. The summed E-state index contributed by atoms with van der Waals surface area (Å²) in [5, 5.41) is 10.5. The zero-order valence-corrected chi connectivity index (χ0v) is 17.0. The van der Waals surface area contributed by atoms with Crippen LogP contribution in [0.1, 0.15) is 56.3 Å². The molecule has 2 amide bonds. The molecule has 1 unspecified atom stereocenters. The SMILES string of the molecule is CC(C)CCN1CC2(CCCN(C(=O)c3cc(Cl)ccc3O)C2)CCC1=O. The number of benzene rings is 1. The second kappa shape index (κ2) is 8.09. The van der Waals surface area contributed by atoms with Gasteiger partial charge in [-0.05, 0) is 49.8 Å². The van der Waals surface area contributed by atoms with Gasteiger partial charge in [-0.25, -0.2) is 0 Å². The number of hydrogen-bond acceptors (Lipinski definition) is 3. The van der Waals surface area contributed by atoms with Crippen LogP contribution in [0.4, 0.5) is 0 Å². The minimum absolute atomic E-state index is 0.0347. The Hall–Kier alpha value is -1.75. The van der Waals surface area contributed by atoms with Crippen LogP contribution in [0.5, 0.6) is 5.75 Å². The Balaban J connectivity index is 1.73. The molecule has 0 aromatic heterocycles. The van der Waals surface area contributed by atoms with E-state index in [9.17, 15) is 14.7 Å². The van der Waals surface area contributed by atoms with Crippen LogP contribution in [0.2, 0.25) is 5.02 Å². The zero-order valence-electron chi connectivity index (χ0n) is 16.2. The highest BCUT2D eigenvalue weighted by Gasteiger charge is 2.42. The fraction of sp³-hybridized carbons (Fsp3) is 0.619. The van der Waals surface area contributed by atoms with Crippen LogP contribution in [0.25, 0.3) is 0 Å². The number of carbonyl (C=O) groups is 2. The van der Waals surface area contributed by atoms with Crippen molar-refractivity contribution in [3.63, 3.8) is 0 Å². The minimum Gasteiger partial charge on any atom is -0.507 e. The van der Waals surface area contributed by atoms with Crippen LogP contribution >= 0.6 is 11.6 Å². The normalized spacial score (nSPS) is 23.3. The lowest BCUT2D eigenvalue weighted by Gasteiger charge is -2.48. The summed E-state index contributed by atoms with van der Waals surface area (Å²) in [5.41, 5.74) is 0.218. The van der Waals surface area contributed by atoms with Gasteiger partial charge in [0.2, 0.25) is 5.91 Å². The molecular weight excluding hydrogens is 364 g/mol. The van der Waals surface area contributed by atoms with Gasteiger partial charge in [-0.1, -0.05) is 25.4 Å². The van der Waals surface area contributed by atoms with Gasteiger partial charge in [0, 0.05) is 43.0 Å². The third-order valence-electron chi connectivity index (χ3n) is 5.86. The highest BCUT2D eigenvalue weighted by Crippen LogP contribution is 2.39. The molecule has 1 aromatic rings. The Morgan fingerprint density at radius 3 is 2.81 bits per heavy atom. The topological polar surface area (TPSA) is 60.9 Å². The average Bonchev–Trinajstić information content (AvgIpc) is 2.64. The third-order valence-corrected chi connectivity index (χ3v) is 6.10. The molecule has 1 spiro atoms. The van der Waals surface area contributed by atoms with E-state index in [4.69, 9.17) is 11.6 Å². The van der Waals surface area contributed by atoms with Gasteiger partial charge in [0.1, 0.15) is 5.75 Å². The van der Waals surface area contributed by atoms with Gasteiger partial charge < -0.3 is 14.9 Å². The molecule has 6 heteroatoms. The van der Waals surface area contributed by atoms with Crippen molar-refractivity contribution in [3.8, 4) is 5.75 Å². The van der Waals surface area contributed by atoms with Crippen LogP contribution in [0.3, 0.4) is 0 Å². The number of carbonyl (C=O) groups excluding carboxylic acids is 2. The summed E-state index contributed by atoms with van der Waals surface area (Å²) in [5.74, 6) is 0.573. The molecule has 1 N–H and O–H groups in total. The lowest BCUT2D eigenvalue weighted by molar-refractivity contribution is -0.139. The highest BCUT2D eigenvalue weighted by atomic mass is 35.5. The molecule has 1 atom stereocenters. The predicted octanol–water partition coefficient (Wildman–Crippen LogP) is 3.94. The third kappa shape index (κ3) is 4.57. The summed E-state index contributed by atoms with van der Waals surface area (Å²) in [4.78, 5) is 29.2. The second-order valence-corrected chi connectivity index (χ2v) is 8.93. The van der Waals surface area contributed by atoms with Crippen LogP contribution in [-0.2, 0) is 4.79 Å². The summed E-state index contributed by atoms with van der Waals surface area (Å²) < 4.78 is 0. The van der Waals surface area contributed by atoms with E-state index in [-0.39, 0.29) is 28.5 Å². The van der Waals surface area contributed by atoms with E-state index in [0.29, 0.717) is 30.5 Å². The number of nitrogens with zero attached hydrogens (tertiary/aromatic N) is 2. The van der Waals surface area contributed by atoms with Crippen molar-refractivity contribution < 1.29 is 14.7 Å². The Kier molecular flexibility index (Phi) is 5.99. The summed E-state index contributed by atoms with van der Waals surface area (Å²) in [7, 11) is 0. The second-order valence-electron chi connectivity index (χ2n) is 8.49. The van der Waals surface area contributed by atoms with Crippen LogP contribution in [0.15, 0.2) is 18.2 Å². The Bertz CT molecular complexity index is 721. The van der Waals surface area contributed by atoms with Gasteiger partial charge in [0.25, 0.3) is 5.91 Å². The number of piperidine rings is 2. The zero-order chi connectivity index (χ0) is 19.6. The first kappa shape index (κ1) is 20.0. The number of phenols is 1. The molecule has 2 fully saturated rings. The largest absolute Gasteiger partial charge is 0.507 e. The van der Waals surface area contributed by atoms with Crippen molar-refractivity contribution in [2.75, 3.05) is 26.2 Å².